The molecule has 4 nitrogen and oxygen atoms in total. The topological polar surface area (TPSA) is 38.8 Å². The molecule has 16 heavy (non-hydrogen) atoms. The van der Waals surface area contributed by atoms with E-state index in [4.69, 9.17) is 9.47 Å². The Morgan fingerprint density at radius 3 is 2.44 bits per heavy atom. The van der Waals surface area contributed by atoms with Crippen LogP contribution in [0.1, 0.15) is 33.6 Å². The summed E-state index contributed by atoms with van der Waals surface area (Å²) in [6.45, 7) is 11.3. The standard InChI is InChI=1S/C12H22NO3/c1-5-13(10-6-8-15-9-7-10)11(14)16-12(2,3)4/h10H,1,5-9H2,2-4H3. The Morgan fingerprint density at radius 1 is 1.44 bits per heavy atom. The van der Waals surface area contributed by atoms with Gasteiger partial charge in [-0.15, -0.1) is 0 Å². The lowest BCUT2D eigenvalue weighted by Gasteiger charge is -2.34. The van der Waals surface area contributed by atoms with Crippen molar-refractivity contribution < 1.29 is 14.3 Å². The van der Waals surface area contributed by atoms with Gasteiger partial charge in [0.05, 0.1) is 0 Å². The molecule has 4 heteroatoms. The molecule has 1 aliphatic rings. The van der Waals surface area contributed by atoms with Crippen LogP contribution in [0.4, 0.5) is 4.79 Å². The van der Waals surface area contributed by atoms with Crippen molar-refractivity contribution >= 4 is 6.09 Å². The van der Waals surface area contributed by atoms with E-state index in [1.54, 1.807) is 4.90 Å². The fraction of sp³-hybridized carbons (Fsp3) is 0.833. The van der Waals surface area contributed by atoms with Crippen LogP contribution in [0, 0.1) is 6.92 Å². The van der Waals surface area contributed by atoms with Crippen LogP contribution in [0.5, 0.6) is 0 Å². The Hall–Kier alpha value is -0.770. The lowest BCUT2D eigenvalue weighted by atomic mass is 10.1. The largest absolute Gasteiger partial charge is 0.444 e. The van der Waals surface area contributed by atoms with Gasteiger partial charge in [-0.25, -0.2) is 4.79 Å². The third-order valence-corrected chi connectivity index (χ3v) is 2.50. The minimum Gasteiger partial charge on any atom is -0.444 e. The van der Waals surface area contributed by atoms with Gasteiger partial charge >= 0.3 is 6.09 Å². The first-order valence-electron chi connectivity index (χ1n) is 5.80. The summed E-state index contributed by atoms with van der Waals surface area (Å²) in [5, 5.41) is 0. The van der Waals surface area contributed by atoms with E-state index in [0.29, 0.717) is 19.8 Å². The highest BCUT2D eigenvalue weighted by atomic mass is 16.6. The van der Waals surface area contributed by atoms with Gasteiger partial charge < -0.3 is 14.4 Å². The van der Waals surface area contributed by atoms with Crippen LogP contribution in [-0.4, -0.2) is 42.4 Å². The maximum atomic E-state index is 11.9. The van der Waals surface area contributed by atoms with Crippen molar-refractivity contribution in [2.45, 2.75) is 45.3 Å². The number of ether oxygens (including phenoxy) is 2. The molecular formula is C12H22NO3. The summed E-state index contributed by atoms with van der Waals surface area (Å²) >= 11 is 0. The predicted octanol–water partition coefficient (Wildman–Crippen LogP) is 2.24. The summed E-state index contributed by atoms with van der Waals surface area (Å²) in [5.41, 5.74) is -0.449. The molecule has 0 saturated carbocycles. The highest BCUT2D eigenvalue weighted by Crippen LogP contribution is 2.17. The monoisotopic (exact) mass is 228 g/mol. The molecule has 1 radical (unpaired) electrons. The maximum absolute atomic E-state index is 11.9. The van der Waals surface area contributed by atoms with E-state index < -0.39 is 5.60 Å². The minimum absolute atomic E-state index is 0.209. The molecule has 0 atom stereocenters. The molecule has 0 unspecified atom stereocenters. The van der Waals surface area contributed by atoms with Gasteiger partial charge in [0.1, 0.15) is 5.60 Å². The molecule has 0 aromatic rings. The van der Waals surface area contributed by atoms with Crippen LogP contribution in [0.25, 0.3) is 0 Å². The lowest BCUT2D eigenvalue weighted by molar-refractivity contribution is -0.00246. The summed E-state index contributed by atoms with van der Waals surface area (Å²) in [4.78, 5) is 13.6. The number of carbonyl (C=O) groups is 1. The highest BCUT2D eigenvalue weighted by molar-refractivity contribution is 5.68. The van der Waals surface area contributed by atoms with Gasteiger partial charge in [-0.2, -0.15) is 0 Å². The van der Waals surface area contributed by atoms with E-state index in [1.807, 2.05) is 20.8 Å². The van der Waals surface area contributed by atoms with E-state index in [-0.39, 0.29) is 12.1 Å². The van der Waals surface area contributed by atoms with Gasteiger partial charge in [-0.1, -0.05) is 0 Å². The molecule has 1 aliphatic heterocycles. The minimum atomic E-state index is -0.449. The molecule has 0 bridgehead atoms. The second-order valence-corrected chi connectivity index (χ2v) is 5.02. The van der Waals surface area contributed by atoms with E-state index >= 15 is 0 Å². The van der Waals surface area contributed by atoms with Crippen molar-refractivity contribution in [1.29, 1.82) is 0 Å². The molecule has 0 aromatic heterocycles. The Labute approximate surface area is 97.9 Å². The van der Waals surface area contributed by atoms with Crippen molar-refractivity contribution in [2.75, 3.05) is 19.8 Å². The van der Waals surface area contributed by atoms with Crippen LogP contribution in [0.15, 0.2) is 0 Å². The highest BCUT2D eigenvalue weighted by Gasteiger charge is 2.28. The Balaban J connectivity index is 2.55. The van der Waals surface area contributed by atoms with E-state index in [1.165, 1.54) is 0 Å². The maximum Gasteiger partial charge on any atom is 0.410 e. The summed E-state index contributed by atoms with van der Waals surface area (Å²) in [6, 6.07) is 0.209. The van der Waals surface area contributed by atoms with Crippen molar-refractivity contribution in [3.63, 3.8) is 0 Å². The van der Waals surface area contributed by atoms with Gasteiger partial charge in [0, 0.05) is 25.8 Å². The summed E-state index contributed by atoms with van der Waals surface area (Å²) in [7, 11) is 0. The molecule has 0 N–H and O–H groups in total. The van der Waals surface area contributed by atoms with Crippen molar-refractivity contribution in [2.24, 2.45) is 0 Å². The number of carbonyl (C=O) groups excluding carboxylic acids is 1. The molecule has 1 heterocycles. The van der Waals surface area contributed by atoms with Crippen molar-refractivity contribution in [3.8, 4) is 0 Å². The van der Waals surface area contributed by atoms with E-state index in [0.717, 1.165) is 12.8 Å². The van der Waals surface area contributed by atoms with Gasteiger partial charge in [-0.3, -0.25) is 0 Å². The molecule has 1 fully saturated rings. The van der Waals surface area contributed by atoms with Gasteiger partial charge in [0.25, 0.3) is 0 Å². The second-order valence-electron chi connectivity index (χ2n) is 5.02. The van der Waals surface area contributed by atoms with Gasteiger partial charge in [0.15, 0.2) is 0 Å². The molecule has 1 amide bonds. The van der Waals surface area contributed by atoms with E-state index in [2.05, 4.69) is 6.92 Å². The van der Waals surface area contributed by atoms with Crippen LogP contribution in [-0.2, 0) is 9.47 Å². The number of amides is 1. The average molecular weight is 228 g/mol. The fourth-order valence-electron chi connectivity index (χ4n) is 1.74. The number of hydrogen-bond acceptors (Lipinski definition) is 3. The SMILES string of the molecule is [CH2]CN(C(=O)OC(C)(C)C)C1CCOCC1. The third-order valence-electron chi connectivity index (χ3n) is 2.50. The summed E-state index contributed by atoms with van der Waals surface area (Å²) in [5.74, 6) is 0. The Bertz CT molecular complexity index is 229. The summed E-state index contributed by atoms with van der Waals surface area (Å²) in [6.07, 6.45) is 1.47. The lowest BCUT2D eigenvalue weighted by Crippen LogP contribution is -2.45. The number of rotatable bonds is 2. The third kappa shape index (κ3) is 4.00. The molecule has 1 saturated heterocycles. The molecule has 0 aromatic carbocycles. The van der Waals surface area contributed by atoms with Gasteiger partial charge in [-0.05, 0) is 40.5 Å². The average Bonchev–Trinajstić information content (AvgIpc) is 2.17. The molecular weight excluding hydrogens is 206 g/mol. The van der Waals surface area contributed by atoms with Crippen LogP contribution >= 0.6 is 0 Å². The fourth-order valence-corrected chi connectivity index (χ4v) is 1.74. The van der Waals surface area contributed by atoms with Crippen molar-refractivity contribution in [1.82, 2.24) is 4.90 Å². The van der Waals surface area contributed by atoms with E-state index in [9.17, 15) is 4.79 Å². The smallest absolute Gasteiger partial charge is 0.410 e. The van der Waals surface area contributed by atoms with Crippen LogP contribution in [0.2, 0.25) is 0 Å². The normalized spacial score (nSPS) is 18.2. The second kappa shape index (κ2) is 5.53. The summed E-state index contributed by atoms with van der Waals surface area (Å²) < 4.78 is 10.6. The molecule has 0 spiro atoms. The number of nitrogens with zero attached hydrogens (tertiary/aromatic N) is 1. The zero-order valence-corrected chi connectivity index (χ0v) is 10.5. The molecule has 0 aliphatic carbocycles. The predicted molar refractivity (Wildman–Crippen MR) is 62.1 cm³/mol. The quantitative estimate of drug-likeness (QED) is 0.727. The Kier molecular flexibility index (Phi) is 4.59. The molecule has 1 rings (SSSR count). The van der Waals surface area contributed by atoms with Crippen molar-refractivity contribution in [3.05, 3.63) is 6.92 Å². The first kappa shape index (κ1) is 13.3. The van der Waals surface area contributed by atoms with Crippen LogP contribution < -0.4 is 0 Å². The Morgan fingerprint density at radius 2 is 2.00 bits per heavy atom. The molecule has 93 valence electrons. The first-order chi connectivity index (χ1) is 7.44. The zero-order valence-electron chi connectivity index (χ0n) is 10.5. The number of hydrogen-bond donors (Lipinski definition) is 0. The van der Waals surface area contributed by atoms with Gasteiger partial charge in [0.2, 0.25) is 0 Å². The first-order valence-corrected chi connectivity index (χ1v) is 5.80. The van der Waals surface area contributed by atoms with Crippen LogP contribution in [0.3, 0.4) is 0 Å². The zero-order chi connectivity index (χ0) is 12.2.